The maximum absolute atomic E-state index is 12.4. The summed E-state index contributed by atoms with van der Waals surface area (Å²) in [7, 11) is 3.38. The molecule has 114 valence electrons. The number of hydrogen-bond donors (Lipinski definition) is 2. The number of carbonyl (C=O) groups is 2. The van der Waals surface area contributed by atoms with Crippen molar-refractivity contribution in [1.29, 1.82) is 0 Å². The van der Waals surface area contributed by atoms with Gasteiger partial charge in [-0.05, 0) is 32.0 Å². The van der Waals surface area contributed by atoms with Crippen LogP contribution in [0.3, 0.4) is 0 Å². The lowest BCUT2D eigenvalue weighted by molar-refractivity contribution is -0.136. The Morgan fingerprint density at radius 2 is 2.00 bits per heavy atom. The van der Waals surface area contributed by atoms with Crippen molar-refractivity contribution >= 4 is 23.2 Å². The van der Waals surface area contributed by atoms with E-state index in [9.17, 15) is 9.59 Å². The molecule has 2 amide bonds. The van der Waals surface area contributed by atoms with Gasteiger partial charge in [0.25, 0.3) is 5.91 Å². The van der Waals surface area contributed by atoms with Crippen LogP contribution in [0.5, 0.6) is 0 Å². The van der Waals surface area contributed by atoms with Crippen LogP contribution in [-0.4, -0.2) is 49.4 Å². The largest absolute Gasteiger partial charge is 0.397 e. The molecule has 1 aliphatic rings. The second-order valence-electron chi connectivity index (χ2n) is 5.79. The summed E-state index contributed by atoms with van der Waals surface area (Å²) >= 11 is 0. The number of benzene rings is 1. The molecule has 0 bridgehead atoms. The SMILES string of the molecule is CNC(=O)c1ccc(N)c(N2CCN(C)C(=O)C2(C)C)c1. The van der Waals surface area contributed by atoms with E-state index in [0.717, 1.165) is 5.69 Å². The number of nitrogens with zero attached hydrogens (tertiary/aromatic N) is 2. The van der Waals surface area contributed by atoms with E-state index >= 15 is 0 Å². The van der Waals surface area contributed by atoms with Gasteiger partial charge < -0.3 is 20.9 Å². The minimum atomic E-state index is -0.692. The number of anilines is 2. The second kappa shape index (κ2) is 5.27. The van der Waals surface area contributed by atoms with Gasteiger partial charge in [0.1, 0.15) is 5.54 Å². The molecule has 1 aromatic rings. The number of likely N-dealkylation sites (N-methyl/N-ethyl adjacent to an activating group) is 1. The molecule has 1 saturated heterocycles. The molecule has 1 fully saturated rings. The first-order valence-corrected chi connectivity index (χ1v) is 6.94. The Hall–Kier alpha value is -2.24. The zero-order chi connectivity index (χ0) is 15.8. The smallest absolute Gasteiger partial charge is 0.251 e. The first-order valence-electron chi connectivity index (χ1n) is 6.94. The van der Waals surface area contributed by atoms with Gasteiger partial charge in [-0.25, -0.2) is 0 Å². The standard InChI is InChI=1S/C15H22N4O2/c1-15(2)14(21)18(4)7-8-19(15)12-9-10(13(20)17-3)5-6-11(12)16/h5-6,9H,7-8,16H2,1-4H3,(H,17,20). The average molecular weight is 290 g/mol. The van der Waals surface area contributed by atoms with Gasteiger partial charge in [-0.1, -0.05) is 0 Å². The molecule has 0 unspecified atom stereocenters. The first-order chi connectivity index (χ1) is 9.78. The van der Waals surface area contributed by atoms with Crippen LogP contribution in [0.4, 0.5) is 11.4 Å². The van der Waals surface area contributed by atoms with Crippen molar-refractivity contribution in [3.8, 4) is 0 Å². The molecule has 2 rings (SSSR count). The Morgan fingerprint density at radius 1 is 1.33 bits per heavy atom. The fourth-order valence-electron chi connectivity index (χ4n) is 2.70. The number of rotatable bonds is 2. The molecule has 0 radical (unpaired) electrons. The molecule has 1 aromatic carbocycles. The van der Waals surface area contributed by atoms with E-state index in [1.165, 1.54) is 0 Å². The highest BCUT2D eigenvalue weighted by Gasteiger charge is 2.41. The molecule has 21 heavy (non-hydrogen) atoms. The van der Waals surface area contributed by atoms with Crippen LogP contribution in [0.15, 0.2) is 18.2 Å². The number of piperazine rings is 1. The highest BCUT2D eigenvalue weighted by molar-refractivity contribution is 5.97. The predicted molar refractivity (Wildman–Crippen MR) is 83.3 cm³/mol. The first kappa shape index (κ1) is 15.2. The van der Waals surface area contributed by atoms with Gasteiger partial charge in [-0.2, -0.15) is 0 Å². The van der Waals surface area contributed by atoms with Gasteiger partial charge in [0, 0.05) is 32.7 Å². The summed E-state index contributed by atoms with van der Waals surface area (Å²) < 4.78 is 0. The number of amides is 2. The Bertz CT molecular complexity index is 583. The molecule has 6 nitrogen and oxygen atoms in total. The highest BCUT2D eigenvalue weighted by Crippen LogP contribution is 2.33. The molecule has 0 atom stereocenters. The van der Waals surface area contributed by atoms with Crippen molar-refractivity contribution in [1.82, 2.24) is 10.2 Å². The third kappa shape index (κ3) is 2.53. The van der Waals surface area contributed by atoms with E-state index in [-0.39, 0.29) is 11.8 Å². The van der Waals surface area contributed by atoms with Gasteiger partial charge >= 0.3 is 0 Å². The summed E-state index contributed by atoms with van der Waals surface area (Å²) in [6, 6.07) is 5.13. The van der Waals surface area contributed by atoms with E-state index in [0.29, 0.717) is 24.3 Å². The minimum Gasteiger partial charge on any atom is -0.397 e. The van der Waals surface area contributed by atoms with E-state index in [4.69, 9.17) is 5.73 Å². The van der Waals surface area contributed by atoms with Crippen molar-refractivity contribution in [2.24, 2.45) is 0 Å². The number of carbonyl (C=O) groups excluding carboxylic acids is 2. The van der Waals surface area contributed by atoms with Gasteiger partial charge in [-0.3, -0.25) is 9.59 Å². The number of nitrogens with one attached hydrogen (secondary N) is 1. The monoisotopic (exact) mass is 290 g/mol. The lowest BCUT2D eigenvalue weighted by atomic mass is 9.96. The summed E-state index contributed by atoms with van der Waals surface area (Å²) in [5.41, 5.74) is 7.19. The third-order valence-electron chi connectivity index (χ3n) is 4.01. The van der Waals surface area contributed by atoms with Crippen molar-refractivity contribution in [2.75, 3.05) is 37.8 Å². The van der Waals surface area contributed by atoms with Gasteiger partial charge in [-0.15, -0.1) is 0 Å². The quantitative estimate of drug-likeness (QED) is 0.785. The van der Waals surface area contributed by atoms with Crippen LogP contribution in [0.1, 0.15) is 24.2 Å². The van der Waals surface area contributed by atoms with Crippen molar-refractivity contribution in [2.45, 2.75) is 19.4 Å². The van der Waals surface area contributed by atoms with Crippen LogP contribution in [-0.2, 0) is 4.79 Å². The molecular weight excluding hydrogens is 268 g/mol. The molecule has 0 spiro atoms. The zero-order valence-corrected chi connectivity index (χ0v) is 12.9. The van der Waals surface area contributed by atoms with Crippen LogP contribution in [0, 0.1) is 0 Å². The lowest BCUT2D eigenvalue weighted by Crippen LogP contribution is -2.62. The van der Waals surface area contributed by atoms with Gasteiger partial charge in [0.05, 0.1) is 11.4 Å². The van der Waals surface area contributed by atoms with E-state index in [1.807, 2.05) is 18.7 Å². The summed E-state index contributed by atoms with van der Waals surface area (Å²) in [6.07, 6.45) is 0. The fourth-order valence-corrected chi connectivity index (χ4v) is 2.70. The Labute approximate surface area is 124 Å². The maximum atomic E-state index is 12.4. The summed E-state index contributed by atoms with van der Waals surface area (Å²) in [5, 5.41) is 2.59. The summed E-state index contributed by atoms with van der Waals surface area (Å²) in [6.45, 7) is 5.05. The Kier molecular flexibility index (Phi) is 3.80. The Morgan fingerprint density at radius 3 is 2.62 bits per heavy atom. The van der Waals surface area contributed by atoms with E-state index in [1.54, 1.807) is 37.2 Å². The van der Waals surface area contributed by atoms with Gasteiger partial charge in [0.2, 0.25) is 5.91 Å². The van der Waals surface area contributed by atoms with Crippen LogP contribution >= 0.6 is 0 Å². The third-order valence-corrected chi connectivity index (χ3v) is 4.01. The molecule has 6 heteroatoms. The average Bonchev–Trinajstić information content (AvgIpc) is 2.45. The molecule has 0 aromatic heterocycles. The fraction of sp³-hybridized carbons (Fsp3) is 0.467. The molecular formula is C15H22N4O2. The number of nitrogens with two attached hydrogens (primary N) is 1. The van der Waals surface area contributed by atoms with Crippen LogP contribution < -0.4 is 16.0 Å². The second-order valence-corrected chi connectivity index (χ2v) is 5.79. The van der Waals surface area contributed by atoms with Crippen LogP contribution in [0.2, 0.25) is 0 Å². The van der Waals surface area contributed by atoms with E-state index < -0.39 is 5.54 Å². The Balaban J connectivity index is 2.45. The molecule has 1 aliphatic heterocycles. The minimum absolute atomic E-state index is 0.0403. The summed E-state index contributed by atoms with van der Waals surface area (Å²) in [4.78, 5) is 27.9. The predicted octanol–water partition coefficient (Wildman–Crippen LogP) is 0.685. The number of nitrogen functional groups attached to an aromatic ring is 1. The molecule has 0 aliphatic carbocycles. The van der Waals surface area contributed by atoms with Crippen LogP contribution in [0.25, 0.3) is 0 Å². The highest BCUT2D eigenvalue weighted by atomic mass is 16.2. The summed E-state index contributed by atoms with van der Waals surface area (Å²) in [5.74, 6) is -0.131. The zero-order valence-electron chi connectivity index (χ0n) is 12.9. The van der Waals surface area contributed by atoms with E-state index in [2.05, 4.69) is 5.32 Å². The molecule has 0 saturated carbocycles. The molecule has 1 heterocycles. The lowest BCUT2D eigenvalue weighted by Gasteiger charge is -2.46. The van der Waals surface area contributed by atoms with Crippen molar-refractivity contribution in [3.63, 3.8) is 0 Å². The molecule has 3 N–H and O–H groups in total. The normalized spacial score (nSPS) is 17.8. The van der Waals surface area contributed by atoms with Crippen molar-refractivity contribution < 1.29 is 9.59 Å². The topological polar surface area (TPSA) is 78.7 Å². The van der Waals surface area contributed by atoms with Crippen molar-refractivity contribution in [3.05, 3.63) is 23.8 Å². The van der Waals surface area contributed by atoms with Gasteiger partial charge in [0.15, 0.2) is 0 Å². The maximum Gasteiger partial charge on any atom is 0.251 e. The number of hydrogen-bond acceptors (Lipinski definition) is 4.